The van der Waals surface area contributed by atoms with Gasteiger partial charge in [0.05, 0.1) is 41.4 Å². The van der Waals surface area contributed by atoms with E-state index in [0.717, 1.165) is 11.5 Å². The summed E-state index contributed by atoms with van der Waals surface area (Å²) in [4.78, 5) is 24.3. The van der Waals surface area contributed by atoms with Crippen molar-refractivity contribution in [2.45, 2.75) is 25.2 Å². The first-order valence-electron chi connectivity index (χ1n) is 9.54. The number of hydrogen-bond acceptors (Lipinski definition) is 7. The van der Waals surface area contributed by atoms with Crippen molar-refractivity contribution in [1.29, 1.82) is 0 Å². The molecule has 0 fully saturated rings. The lowest BCUT2D eigenvalue weighted by Gasteiger charge is -2.11. The normalized spacial score (nSPS) is 10.5. The van der Waals surface area contributed by atoms with Crippen molar-refractivity contribution in [2.24, 2.45) is 0 Å². The lowest BCUT2D eigenvalue weighted by molar-refractivity contribution is -0.113. The van der Waals surface area contributed by atoms with Gasteiger partial charge in [-0.15, -0.1) is 10.2 Å². The van der Waals surface area contributed by atoms with Crippen molar-refractivity contribution in [3.8, 4) is 0 Å². The van der Waals surface area contributed by atoms with Crippen LogP contribution in [0.4, 0.5) is 11.4 Å². The van der Waals surface area contributed by atoms with Crippen molar-refractivity contribution in [2.75, 3.05) is 23.5 Å². The Balaban J connectivity index is 1.61. The number of aromatic nitrogens is 3. The fourth-order valence-electron chi connectivity index (χ4n) is 2.85. The van der Waals surface area contributed by atoms with Crippen LogP contribution in [0.15, 0.2) is 53.7 Å². The Morgan fingerprint density at radius 1 is 1.10 bits per heavy atom. The van der Waals surface area contributed by atoms with E-state index in [1.54, 1.807) is 24.3 Å². The molecule has 2 N–H and O–H groups in total. The molecular formula is C21H22ClN5O3S. The van der Waals surface area contributed by atoms with E-state index in [-0.39, 0.29) is 11.7 Å². The van der Waals surface area contributed by atoms with Gasteiger partial charge in [-0.3, -0.25) is 4.79 Å². The molecular weight excluding hydrogens is 438 g/mol. The molecule has 0 atom stereocenters. The summed E-state index contributed by atoms with van der Waals surface area (Å²) in [6.07, 6.45) is 0. The summed E-state index contributed by atoms with van der Waals surface area (Å²) in [6.45, 7) is 3.09. The number of benzene rings is 2. The van der Waals surface area contributed by atoms with Crippen molar-refractivity contribution < 1.29 is 14.3 Å². The van der Waals surface area contributed by atoms with Gasteiger partial charge in [0.25, 0.3) is 0 Å². The van der Waals surface area contributed by atoms with E-state index in [1.165, 1.54) is 18.9 Å². The van der Waals surface area contributed by atoms with Crippen LogP contribution in [0.1, 0.15) is 23.1 Å². The molecule has 0 radical (unpaired) electrons. The SMILES string of the molecule is CCn1c(CNc2ccccc2Cl)nnc1SCC(=O)Nc1ccccc1C(=O)OC. The number of hydrogen-bond donors (Lipinski definition) is 2. The number of para-hydroxylation sites is 2. The number of nitrogens with zero attached hydrogens (tertiary/aromatic N) is 3. The Labute approximate surface area is 189 Å². The van der Waals surface area contributed by atoms with Crippen LogP contribution < -0.4 is 10.6 Å². The van der Waals surface area contributed by atoms with E-state index in [9.17, 15) is 9.59 Å². The average Bonchev–Trinajstić information content (AvgIpc) is 3.18. The monoisotopic (exact) mass is 459 g/mol. The third-order valence-electron chi connectivity index (χ3n) is 4.36. The van der Waals surface area contributed by atoms with Crippen LogP contribution >= 0.6 is 23.4 Å². The van der Waals surface area contributed by atoms with Crippen molar-refractivity contribution in [3.05, 3.63) is 64.9 Å². The Bertz CT molecular complexity index is 1070. The van der Waals surface area contributed by atoms with Gasteiger partial charge in [0.2, 0.25) is 5.91 Å². The number of halogens is 1. The zero-order valence-electron chi connectivity index (χ0n) is 17.1. The zero-order valence-corrected chi connectivity index (χ0v) is 18.7. The molecule has 10 heteroatoms. The Morgan fingerprint density at radius 3 is 2.52 bits per heavy atom. The third kappa shape index (κ3) is 5.77. The van der Waals surface area contributed by atoms with Gasteiger partial charge in [-0.05, 0) is 31.2 Å². The van der Waals surface area contributed by atoms with Gasteiger partial charge >= 0.3 is 5.97 Å². The molecule has 1 amide bonds. The van der Waals surface area contributed by atoms with Crippen LogP contribution in [0.3, 0.4) is 0 Å². The molecule has 0 spiro atoms. The van der Waals surface area contributed by atoms with E-state index < -0.39 is 5.97 Å². The van der Waals surface area contributed by atoms with Gasteiger partial charge in [0, 0.05) is 6.54 Å². The van der Waals surface area contributed by atoms with Gasteiger partial charge in [-0.2, -0.15) is 0 Å². The quantitative estimate of drug-likeness (QED) is 0.367. The molecule has 1 heterocycles. The van der Waals surface area contributed by atoms with E-state index in [2.05, 4.69) is 20.8 Å². The maximum atomic E-state index is 12.4. The zero-order chi connectivity index (χ0) is 22.2. The van der Waals surface area contributed by atoms with Crippen molar-refractivity contribution in [1.82, 2.24) is 14.8 Å². The van der Waals surface area contributed by atoms with E-state index >= 15 is 0 Å². The topological polar surface area (TPSA) is 98.1 Å². The van der Waals surface area contributed by atoms with Crippen LogP contribution in [0.2, 0.25) is 5.02 Å². The molecule has 0 unspecified atom stereocenters. The number of methoxy groups -OCH3 is 1. The Kier molecular flexibility index (Phi) is 7.91. The lowest BCUT2D eigenvalue weighted by atomic mass is 10.2. The summed E-state index contributed by atoms with van der Waals surface area (Å²) in [7, 11) is 1.30. The van der Waals surface area contributed by atoms with Gasteiger partial charge in [-0.25, -0.2) is 4.79 Å². The maximum absolute atomic E-state index is 12.4. The second-order valence-electron chi connectivity index (χ2n) is 6.35. The number of thioether (sulfide) groups is 1. The summed E-state index contributed by atoms with van der Waals surface area (Å²) in [5.74, 6) is 0.0834. The summed E-state index contributed by atoms with van der Waals surface area (Å²) in [5, 5.41) is 15.7. The van der Waals surface area contributed by atoms with Gasteiger partial charge in [-0.1, -0.05) is 47.6 Å². The first-order valence-corrected chi connectivity index (χ1v) is 10.9. The summed E-state index contributed by atoms with van der Waals surface area (Å²) in [6, 6.07) is 14.2. The van der Waals surface area contributed by atoms with E-state index in [0.29, 0.717) is 34.5 Å². The van der Waals surface area contributed by atoms with Crippen LogP contribution in [-0.2, 0) is 22.6 Å². The molecule has 0 saturated carbocycles. The van der Waals surface area contributed by atoms with Crippen LogP contribution in [0.25, 0.3) is 0 Å². The number of esters is 1. The highest BCUT2D eigenvalue weighted by molar-refractivity contribution is 7.99. The molecule has 3 rings (SSSR count). The molecule has 0 saturated heterocycles. The minimum absolute atomic E-state index is 0.117. The molecule has 3 aromatic rings. The molecule has 1 aromatic heterocycles. The predicted molar refractivity (Wildman–Crippen MR) is 122 cm³/mol. The molecule has 0 aliphatic rings. The van der Waals surface area contributed by atoms with Gasteiger partial charge in [0.1, 0.15) is 0 Å². The summed E-state index contributed by atoms with van der Waals surface area (Å²) >= 11 is 7.45. The fraction of sp³-hybridized carbons (Fsp3) is 0.238. The number of anilines is 2. The highest BCUT2D eigenvalue weighted by Crippen LogP contribution is 2.23. The maximum Gasteiger partial charge on any atom is 0.339 e. The Morgan fingerprint density at radius 2 is 1.81 bits per heavy atom. The molecule has 8 nitrogen and oxygen atoms in total. The molecule has 0 aliphatic heterocycles. The van der Waals surface area contributed by atoms with Crippen LogP contribution in [0.5, 0.6) is 0 Å². The van der Waals surface area contributed by atoms with Crippen molar-refractivity contribution in [3.63, 3.8) is 0 Å². The minimum Gasteiger partial charge on any atom is -0.465 e. The van der Waals surface area contributed by atoms with Crippen LogP contribution in [-0.4, -0.2) is 39.5 Å². The number of ether oxygens (including phenoxy) is 1. The van der Waals surface area contributed by atoms with Gasteiger partial charge < -0.3 is 19.9 Å². The number of nitrogens with one attached hydrogen (secondary N) is 2. The molecule has 0 bridgehead atoms. The highest BCUT2D eigenvalue weighted by Gasteiger charge is 2.16. The fourth-order valence-corrected chi connectivity index (χ4v) is 3.87. The van der Waals surface area contributed by atoms with E-state index in [4.69, 9.17) is 16.3 Å². The number of amides is 1. The first kappa shape index (κ1) is 22.6. The predicted octanol–water partition coefficient (Wildman–Crippen LogP) is 4.08. The minimum atomic E-state index is -0.509. The molecule has 2 aromatic carbocycles. The van der Waals surface area contributed by atoms with Crippen LogP contribution in [0, 0.1) is 0 Å². The lowest BCUT2D eigenvalue weighted by Crippen LogP contribution is -2.17. The van der Waals surface area contributed by atoms with Gasteiger partial charge in [0.15, 0.2) is 11.0 Å². The third-order valence-corrected chi connectivity index (χ3v) is 5.66. The second-order valence-corrected chi connectivity index (χ2v) is 7.70. The first-order chi connectivity index (χ1) is 15.0. The van der Waals surface area contributed by atoms with Crippen molar-refractivity contribution >= 4 is 46.6 Å². The summed E-state index contributed by atoms with van der Waals surface area (Å²) in [5.41, 5.74) is 1.52. The summed E-state index contributed by atoms with van der Waals surface area (Å²) < 4.78 is 6.69. The molecule has 31 heavy (non-hydrogen) atoms. The smallest absolute Gasteiger partial charge is 0.339 e. The average molecular weight is 460 g/mol. The standard InChI is InChI=1S/C21H22ClN5O3S/c1-3-27-18(12-23-17-11-7-5-9-15(17)22)25-26-21(27)31-13-19(28)24-16-10-6-4-8-14(16)20(29)30-2/h4-11,23H,3,12-13H2,1-2H3,(H,24,28). The largest absolute Gasteiger partial charge is 0.465 e. The Hall–Kier alpha value is -3.04. The van der Waals surface area contributed by atoms with E-state index in [1.807, 2.05) is 35.8 Å². The number of carbonyl (C=O) groups is 2. The second kappa shape index (κ2) is 10.8. The number of rotatable bonds is 9. The number of carbonyl (C=O) groups excluding carboxylic acids is 2. The highest BCUT2D eigenvalue weighted by atomic mass is 35.5. The molecule has 162 valence electrons. The molecule has 0 aliphatic carbocycles.